The van der Waals surface area contributed by atoms with E-state index in [9.17, 15) is 14.7 Å². The number of aromatic hydroxyl groups is 1. The molecule has 29 heavy (non-hydrogen) atoms. The molecule has 0 fully saturated rings. The third kappa shape index (κ3) is 3.32. The van der Waals surface area contributed by atoms with Crippen molar-refractivity contribution >= 4 is 45.8 Å². The zero-order valence-corrected chi connectivity index (χ0v) is 17.0. The molecule has 0 saturated carbocycles. The third-order valence-electron chi connectivity index (χ3n) is 5.35. The summed E-state index contributed by atoms with van der Waals surface area (Å²) in [4.78, 5) is 29.0. The number of nitrogens with one attached hydrogen (secondary N) is 1. The lowest BCUT2D eigenvalue weighted by Crippen LogP contribution is -2.30. The number of aryl methyl sites for hydroxylation is 1. The van der Waals surface area contributed by atoms with Gasteiger partial charge in [-0.1, -0.05) is 18.2 Å². The normalized spacial score (nSPS) is 16.0. The van der Waals surface area contributed by atoms with Crippen molar-refractivity contribution in [3.63, 3.8) is 0 Å². The molecule has 6 heteroatoms. The van der Waals surface area contributed by atoms with E-state index in [0.717, 1.165) is 27.5 Å². The van der Waals surface area contributed by atoms with Crippen molar-refractivity contribution in [2.24, 2.45) is 0 Å². The second kappa shape index (κ2) is 7.41. The van der Waals surface area contributed by atoms with Crippen LogP contribution in [0.1, 0.15) is 40.0 Å². The number of phenols is 1. The van der Waals surface area contributed by atoms with E-state index in [1.165, 1.54) is 13.0 Å². The van der Waals surface area contributed by atoms with Crippen LogP contribution in [0, 0.1) is 6.92 Å². The zero-order chi connectivity index (χ0) is 20.7. The van der Waals surface area contributed by atoms with Crippen LogP contribution in [0.4, 0.5) is 5.69 Å². The summed E-state index contributed by atoms with van der Waals surface area (Å²) < 4.78 is 0. The third-order valence-corrected chi connectivity index (χ3v) is 5.72. The number of rotatable bonds is 4. The minimum atomic E-state index is -0.200. The number of alkyl halides is 1. The van der Waals surface area contributed by atoms with Gasteiger partial charge in [0, 0.05) is 36.0 Å². The number of aromatic amines is 1. The molecule has 2 aromatic carbocycles. The molecule has 0 radical (unpaired) electrons. The maximum absolute atomic E-state index is 13.2. The van der Waals surface area contributed by atoms with Gasteiger partial charge in [-0.2, -0.15) is 0 Å². The summed E-state index contributed by atoms with van der Waals surface area (Å²) in [6.45, 7) is 3.92. The van der Waals surface area contributed by atoms with Gasteiger partial charge in [0.15, 0.2) is 5.78 Å². The fourth-order valence-electron chi connectivity index (χ4n) is 4.01. The highest BCUT2D eigenvalue weighted by atomic mass is 35.5. The number of carbonyl (C=O) groups excluding carboxylic acids is 2. The average molecular weight is 409 g/mol. The quantitative estimate of drug-likeness (QED) is 0.482. The summed E-state index contributed by atoms with van der Waals surface area (Å²) in [5, 5.41) is 12.3. The number of fused-ring (bicyclic) bond motifs is 3. The van der Waals surface area contributed by atoms with Crippen LogP contribution >= 0.6 is 11.6 Å². The maximum atomic E-state index is 13.2. The van der Waals surface area contributed by atoms with E-state index in [4.69, 9.17) is 11.6 Å². The van der Waals surface area contributed by atoms with Crippen molar-refractivity contribution in [1.82, 2.24) is 4.98 Å². The molecule has 148 valence electrons. The molecule has 5 nitrogen and oxygen atoms in total. The first-order valence-electron chi connectivity index (χ1n) is 9.40. The Labute approximate surface area is 173 Å². The summed E-state index contributed by atoms with van der Waals surface area (Å²) in [5.41, 5.74) is 3.89. The van der Waals surface area contributed by atoms with Crippen molar-refractivity contribution in [1.29, 1.82) is 0 Å². The number of ketones is 1. The van der Waals surface area contributed by atoms with E-state index < -0.39 is 0 Å². The number of carbonyl (C=O) groups is 2. The van der Waals surface area contributed by atoms with Crippen LogP contribution < -0.4 is 4.90 Å². The standard InChI is InChI=1S/C23H21ClN2O3/c1-13-4-3-5-17-20(28)9-19-22(21(13)17)16(10-24)12-26(19)23(29)18-8-15(11-25-18)7-6-14(2)27/h3-9,11,16,25,28H,10,12H2,1-2H3/b7-6+/t16-/m1/s1. The van der Waals surface area contributed by atoms with Gasteiger partial charge in [-0.3, -0.25) is 9.59 Å². The number of amides is 1. The topological polar surface area (TPSA) is 73.4 Å². The van der Waals surface area contributed by atoms with Crippen molar-refractivity contribution in [2.45, 2.75) is 19.8 Å². The lowest BCUT2D eigenvalue weighted by molar-refractivity contribution is -0.112. The minimum absolute atomic E-state index is 0.0214. The van der Waals surface area contributed by atoms with Gasteiger partial charge in [-0.15, -0.1) is 11.6 Å². The molecule has 1 aliphatic heterocycles. The molecule has 1 aromatic heterocycles. The number of phenolic OH excluding ortho intramolecular Hbond substituents is 1. The van der Waals surface area contributed by atoms with Crippen LogP contribution in [-0.4, -0.2) is 34.2 Å². The molecule has 2 heterocycles. The SMILES string of the molecule is CC(=O)/C=C/c1c[nH]c(C(=O)N2C[C@@H](CCl)c3c2cc(O)c2cccc(C)c32)c1. The molecule has 1 aliphatic rings. The van der Waals surface area contributed by atoms with Crippen molar-refractivity contribution in [3.8, 4) is 5.75 Å². The molecule has 1 amide bonds. The number of allylic oxidation sites excluding steroid dienone is 1. The molecule has 0 saturated heterocycles. The monoisotopic (exact) mass is 408 g/mol. The van der Waals surface area contributed by atoms with Gasteiger partial charge in [0.05, 0.1) is 5.69 Å². The first-order chi connectivity index (χ1) is 13.9. The fourth-order valence-corrected chi connectivity index (χ4v) is 4.26. The van der Waals surface area contributed by atoms with Crippen molar-refractivity contribution < 1.29 is 14.7 Å². The second-order valence-corrected chi connectivity index (χ2v) is 7.69. The van der Waals surface area contributed by atoms with Gasteiger partial charge in [-0.25, -0.2) is 0 Å². The van der Waals surface area contributed by atoms with Crippen LogP contribution in [-0.2, 0) is 4.79 Å². The molecule has 4 rings (SSSR count). The van der Waals surface area contributed by atoms with Gasteiger partial charge >= 0.3 is 0 Å². The summed E-state index contributed by atoms with van der Waals surface area (Å²) in [5.74, 6) is 0.241. The van der Waals surface area contributed by atoms with E-state index in [2.05, 4.69) is 4.98 Å². The summed E-state index contributed by atoms with van der Waals surface area (Å²) in [6, 6.07) is 9.15. The lowest BCUT2D eigenvalue weighted by Gasteiger charge is -2.18. The average Bonchev–Trinajstić information content (AvgIpc) is 3.31. The van der Waals surface area contributed by atoms with E-state index in [0.29, 0.717) is 23.8 Å². The predicted octanol–water partition coefficient (Wildman–Crippen LogP) is 4.77. The molecular formula is C23H21ClN2O3. The Morgan fingerprint density at radius 1 is 1.34 bits per heavy atom. The van der Waals surface area contributed by atoms with Gasteiger partial charge in [0.25, 0.3) is 5.91 Å². The highest BCUT2D eigenvalue weighted by molar-refractivity contribution is 6.19. The number of benzene rings is 2. The van der Waals surface area contributed by atoms with E-state index in [-0.39, 0.29) is 23.4 Å². The van der Waals surface area contributed by atoms with Gasteiger partial charge in [0.2, 0.25) is 0 Å². The number of aromatic nitrogens is 1. The molecule has 0 unspecified atom stereocenters. The molecule has 0 spiro atoms. The lowest BCUT2D eigenvalue weighted by atomic mass is 9.92. The fraction of sp³-hybridized carbons (Fsp3) is 0.217. The highest BCUT2D eigenvalue weighted by Gasteiger charge is 2.35. The Hall–Kier alpha value is -3.05. The van der Waals surface area contributed by atoms with Gasteiger partial charge in [-0.05, 0) is 54.1 Å². The number of anilines is 1. The van der Waals surface area contributed by atoms with Gasteiger partial charge < -0.3 is 15.0 Å². The van der Waals surface area contributed by atoms with Gasteiger partial charge in [0.1, 0.15) is 11.4 Å². The van der Waals surface area contributed by atoms with Crippen molar-refractivity contribution in [2.75, 3.05) is 17.3 Å². The Kier molecular flexibility index (Phi) is 4.92. The van der Waals surface area contributed by atoms with Crippen LogP contribution in [0.25, 0.3) is 16.8 Å². The summed E-state index contributed by atoms with van der Waals surface area (Å²) in [7, 11) is 0. The Balaban J connectivity index is 1.79. The smallest absolute Gasteiger partial charge is 0.274 e. The zero-order valence-electron chi connectivity index (χ0n) is 16.2. The van der Waals surface area contributed by atoms with Crippen molar-refractivity contribution in [3.05, 3.63) is 65.0 Å². The van der Waals surface area contributed by atoms with E-state index in [1.54, 1.807) is 29.3 Å². The van der Waals surface area contributed by atoms with E-state index >= 15 is 0 Å². The van der Waals surface area contributed by atoms with E-state index in [1.807, 2.05) is 25.1 Å². The first kappa shape index (κ1) is 19.3. The predicted molar refractivity (Wildman–Crippen MR) is 116 cm³/mol. The Bertz CT molecular complexity index is 1160. The summed E-state index contributed by atoms with van der Waals surface area (Å²) >= 11 is 6.27. The molecular weight excluding hydrogens is 388 g/mol. The Morgan fingerprint density at radius 3 is 2.86 bits per heavy atom. The highest BCUT2D eigenvalue weighted by Crippen LogP contribution is 2.46. The number of nitrogens with zero attached hydrogens (tertiary/aromatic N) is 1. The van der Waals surface area contributed by atoms with Crippen LogP contribution in [0.3, 0.4) is 0 Å². The minimum Gasteiger partial charge on any atom is -0.507 e. The number of halogens is 1. The number of hydrogen-bond donors (Lipinski definition) is 2. The number of hydrogen-bond acceptors (Lipinski definition) is 3. The largest absolute Gasteiger partial charge is 0.507 e. The first-order valence-corrected chi connectivity index (χ1v) is 9.94. The molecule has 3 aromatic rings. The number of H-pyrrole nitrogens is 1. The molecule has 1 atom stereocenters. The maximum Gasteiger partial charge on any atom is 0.274 e. The molecule has 0 aliphatic carbocycles. The second-order valence-electron chi connectivity index (χ2n) is 7.38. The van der Waals surface area contributed by atoms with Crippen LogP contribution in [0.2, 0.25) is 0 Å². The Morgan fingerprint density at radius 2 is 2.14 bits per heavy atom. The summed E-state index contributed by atoms with van der Waals surface area (Å²) in [6.07, 6.45) is 4.81. The van der Waals surface area contributed by atoms with Crippen LogP contribution in [0.15, 0.2) is 42.6 Å². The molecule has 2 N–H and O–H groups in total. The van der Waals surface area contributed by atoms with Crippen LogP contribution in [0.5, 0.6) is 5.75 Å². The molecule has 0 bridgehead atoms.